The summed E-state index contributed by atoms with van der Waals surface area (Å²) in [6.07, 6.45) is 4.57. The van der Waals surface area contributed by atoms with Crippen LogP contribution in [0.2, 0.25) is 0 Å². The lowest BCUT2D eigenvalue weighted by Gasteiger charge is -2.17. The molecule has 20 heavy (non-hydrogen) atoms. The Kier molecular flexibility index (Phi) is 3.75. The predicted octanol–water partition coefficient (Wildman–Crippen LogP) is 0.0403. The van der Waals surface area contributed by atoms with E-state index in [1.165, 1.54) is 0 Å². The number of hydrogen-bond acceptors (Lipinski definition) is 8. The number of imidazole rings is 1. The summed E-state index contributed by atoms with van der Waals surface area (Å²) < 4.78 is 1.83. The molecule has 106 valence electrons. The Labute approximate surface area is 114 Å². The first-order chi connectivity index (χ1) is 9.52. The van der Waals surface area contributed by atoms with Crippen LogP contribution < -0.4 is 16.2 Å². The summed E-state index contributed by atoms with van der Waals surface area (Å²) in [4.78, 5) is 24.0. The van der Waals surface area contributed by atoms with Crippen LogP contribution in [-0.4, -0.2) is 31.5 Å². The van der Waals surface area contributed by atoms with Gasteiger partial charge in [-0.1, -0.05) is 0 Å². The molecule has 0 aliphatic heterocycles. The number of nitro groups is 1. The van der Waals surface area contributed by atoms with E-state index in [-0.39, 0.29) is 17.5 Å². The highest BCUT2D eigenvalue weighted by molar-refractivity contribution is 5.58. The molecule has 0 saturated carbocycles. The molecule has 10 nitrogen and oxygen atoms in total. The second kappa shape index (κ2) is 5.48. The normalized spacial score (nSPS) is 10.3. The van der Waals surface area contributed by atoms with Gasteiger partial charge in [0.15, 0.2) is 0 Å². The minimum absolute atomic E-state index is 0.109. The van der Waals surface area contributed by atoms with Crippen LogP contribution in [-0.2, 0) is 13.6 Å². The van der Waals surface area contributed by atoms with E-state index < -0.39 is 4.92 Å². The van der Waals surface area contributed by atoms with Crippen molar-refractivity contribution in [1.29, 1.82) is 0 Å². The highest BCUT2D eigenvalue weighted by atomic mass is 16.6. The summed E-state index contributed by atoms with van der Waals surface area (Å²) in [6, 6.07) is 0. The Morgan fingerprint density at radius 3 is 2.85 bits per heavy atom. The van der Waals surface area contributed by atoms with E-state index in [4.69, 9.17) is 5.84 Å². The van der Waals surface area contributed by atoms with Crippen LogP contribution >= 0.6 is 0 Å². The SMILES string of the molecule is CN(Cc1nccn1C)c1nc(NN)ncc1[N+](=O)[O-]. The molecule has 2 heterocycles. The lowest BCUT2D eigenvalue weighted by atomic mass is 10.4. The third-order valence-corrected chi connectivity index (χ3v) is 2.74. The van der Waals surface area contributed by atoms with Crippen molar-refractivity contribution in [2.75, 3.05) is 17.4 Å². The Morgan fingerprint density at radius 1 is 1.55 bits per heavy atom. The fourth-order valence-electron chi connectivity index (χ4n) is 1.68. The van der Waals surface area contributed by atoms with Crippen LogP contribution in [0.5, 0.6) is 0 Å². The number of nitrogen functional groups attached to an aromatic ring is 1. The van der Waals surface area contributed by atoms with Crippen molar-refractivity contribution in [3.63, 3.8) is 0 Å². The van der Waals surface area contributed by atoms with Gasteiger partial charge in [0.2, 0.25) is 11.8 Å². The molecule has 2 aromatic heterocycles. The first kappa shape index (κ1) is 13.7. The first-order valence-electron chi connectivity index (χ1n) is 5.68. The van der Waals surface area contributed by atoms with Crippen LogP contribution in [0.4, 0.5) is 17.5 Å². The average Bonchev–Trinajstić information content (AvgIpc) is 2.83. The van der Waals surface area contributed by atoms with E-state index in [9.17, 15) is 10.1 Å². The van der Waals surface area contributed by atoms with Gasteiger partial charge in [-0.3, -0.25) is 15.5 Å². The quantitative estimate of drug-likeness (QED) is 0.445. The maximum atomic E-state index is 11.0. The minimum Gasteiger partial charge on any atom is -0.346 e. The fourth-order valence-corrected chi connectivity index (χ4v) is 1.68. The van der Waals surface area contributed by atoms with Crippen molar-refractivity contribution in [2.24, 2.45) is 12.9 Å². The predicted molar refractivity (Wildman–Crippen MR) is 71.8 cm³/mol. The summed E-state index contributed by atoms with van der Waals surface area (Å²) in [5.74, 6) is 6.25. The number of hydrazine groups is 1. The van der Waals surface area contributed by atoms with Crippen molar-refractivity contribution >= 4 is 17.5 Å². The van der Waals surface area contributed by atoms with Gasteiger partial charge in [-0.25, -0.2) is 15.8 Å². The number of nitrogens with one attached hydrogen (secondary N) is 1. The summed E-state index contributed by atoms with van der Waals surface area (Å²) in [7, 11) is 3.53. The summed E-state index contributed by atoms with van der Waals surface area (Å²) in [5, 5.41) is 11.0. The van der Waals surface area contributed by atoms with Gasteiger partial charge in [-0.05, 0) is 0 Å². The zero-order valence-electron chi connectivity index (χ0n) is 11.0. The third kappa shape index (κ3) is 2.64. The molecule has 0 aliphatic rings. The van der Waals surface area contributed by atoms with Crippen molar-refractivity contribution in [3.8, 4) is 0 Å². The highest BCUT2D eigenvalue weighted by Crippen LogP contribution is 2.25. The molecule has 0 unspecified atom stereocenters. The van der Waals surface area contributed by atoms with Crippen molar-refractivity contribution in [1.82, 2.24) is 19.5 Å². The van der Waals surface area contributed by atoms with E-state index in [1.54, 1.807) is 24.3 Å². The van der Waals surface area contributed by atoms with Gasteiger partial charge < -0.3 is 9.47 Å². The molecule has 0 saturated heterocycles. The van der Waals surface area contributed by atoms with E-state index in [2.05, 4.69) is 20.4 Å². The van der Waals surface area contributed by atoms with Gasteiger partial charge in [0.1, 0.15) is 12.0 Å². The van der Waals surface area contributed by atoms with Crippen LogP contribution in [0.25, 0.3) is 0 Å². The molecular weight excluding hydrogens is 264 g/mol. The maximum Gasteiger partial charge on any atom is 0.329 e. The Bertz CT molecular complexity index is 625. The number of nitrogens with two attached hydrogens (primary N) is 1. The molecule has 0 fully saturated rings. The molecule has 0 aromatic carbocycles. The lowest BCUT2D eigenvalue weighted by Crippen LogP contribution is -2.22. The van der Waals surface area contributed by atoms with Gasteiger partial charge in [-0.2, -0.15) is 4.98 Å². The minimum atomic E-state index is -0.537. The maximum absolute atomic E-state index is 11.0. The van der Waals surface area contributed by atoms with Crippen LogP contribution in [0, 0.1) is 10.1 Å². The second-order valence-corrected chi connectivity index (χ2v) is 4.11. The summed E-state index contributed by atoms with van der Waals surface area (Å²) in [5.41, 5.74) is 2.07. The molecular formula is C10H14N8O2. The molecule has 2 aromatic rings. The fraction of sp³-hybridized carbons (Fsp3) is 0.300. The number of hydrogen-bond donors (Lipinski definition) is 2. The number of aryl methyl sites for hydroxylation is 1. The average molecular weight is 278 g/mol. The van der Waals surface area contributed by atoms with Crippen LogP contribution in [0.1, 0.15) is 5.82 Å². The molecule has 3 N–H and O–H groups in total. The van der Waals surface area contributed by atoms with Gasteiger partial charge >= 0.3 is 5.69 Å². The second-order valence-electron chi connectivity index (χ2n) is 4.11. The van der Waals surface area contributed by atoms with Crippen LogP contribution in [0.15, 0.2) is 18.6 Å². The zero-order valence-corrected chi connectivity index (χ0v) is 11.0. The molecule has 0 atom stereocenters. The molecule has 0 aliphatic carbocycles. The lowest BCUT2D eigenvalue weighted by molar-refractivity contribution is -0.384. The largest absolute Gasteiger partial charge is 0.346 e. The highest BCUT2D eigenvalue weighted by Gasteiger charge is 2.21. The van der Waals surface area contributed by atoms with E-state index in [0.717, 1.165) is 12.0 Å². The topological polar surface area (TPSA) is 128 Å². The van der Waals surface area contributed by atoms with Gasteiger partial charge in [-0.15, -0.1) is 0 Å². The van der Waals surface area contributed by atoms with Crippen molar-refractivity contribution in [2.45, 2.75) is 6.54 Å². The molecule has 0 spiro atoms. The first-order valence-corrected chi connectivity index (χ1v) is 5.68. The van der Waals surface area contributed by atoms with E-state index >= 15 is 0 Å². The third-order valence-electron chi connectivity index (χ3n) is 2.74. The number of rotatable bonds is 5. The summed E-state index contributed by atoms with van der Waals surface area (Å²) in [6.45, 7) is 0.366. The van der Waals surface area contributed by atoms with Crippen molar-refractivity contribution < 1.29 is 4.92 Å². The van der Waals surface area contributed by atoms with Crippen LogP contribution in [0.3, 0.4) is 0 Å². The number of aromatic nitrogens is 4. The molecule has 0 amide bonds. The van der Waals surface area contributed by atoms with Gasteiger partial charge in [0.25, 0.3) is 0 Å². The monoisotopic (exact) mass is 278 g/mol. The Hall–Kier alpha value is -2.75. The van der Waals surface area contributed by atoms with E-state index in [0.29, 0.717) is 6.54 Å². The van der Waals surface area contributed by atoms with E-state index in [1.807, 2.05) is 11.6 Å². The van der Waals surface area contributed by atoms with Gasteiger partial charge in [0, 0.05) is 26.5 Å². The molecule has 2 rings (SSSR count). The molecule has 10 heteroatoms. The summed E-state index contributed by atoms with van der Waals surface area (Å²) >= 11 is 0. The Balaban J connectivity index is 2.34. The number of anilines is 2. The number of nitrogens with zero attached hydrogens (tertiary/aromatic N) is 6. The Morgan fingerprint density at radius 2 is 2.30 bits per heavy atom. The smallest absolute Gasteiger partial charge is 0.329 e. The zero-order chi connectivity index (χ0) is 14.7. The standard InChI is InChI=1S/C10H14N8O2/c1-16-4-3-12-8(16)6-17(2)9-7(18(19)20)5-13-10(14-9)15-11/h3-5H,6,11H2,1-2H3,(H,13,14,15). The molecule has 0 bridgehead atoms. The van der Waals surface area contributed by atoms with Crippen molar-refractivity contribution in [3.05, 3.63) is 34.5 Å². The molecule has 0 radical (unpaired) electrons. The van der Waals surface area contributed by atoms with Gasteiger partial charge in [0.05, 0.1) is 11.5 Å².